The Morgan fingerprint density at radius 1 is 1.27 bits per heavy atom. The Labute approximate surface area is 71.4 Å². The number of rotatable bonds is 3. The molecule has 1 rings (SSSR count). The van der Waals surface area contributed by atoms with Crippen LogP contribution in [0.3, 0.4) is 0 Å². The molecular weight excluding hydrogens is 158 g/mol. The Morgan fingerprint density at radius 2 is 1.91 bits per heavy atom. The molecule has 11 heavy (non-hydrogen) atoms. The van der Waals surface area contributed by atoms with E-state index in [9.17, 15) is 4.21 Å². The van der Waals surface area contributed by atoms with Crippen LogP contribution in [-0.4, -0.2) is 40.8 Å². The fraction of sp³-hybridized carbons (Fsp3) is 1.00. The van der Waals surface area contributed by atoms with E-state index in [0.29, 0.717) is 0 Å². The van der Waals surface area contributed by atoms with E-state index in [1.54, 1.807) is 6.26 Å². The summed E-state index contributed by atoms with van der Waals surface area (Å²) in [6, 6.07) is 0. The van der Waals surface area contributed by atoms with E-state index in [1.807, 2.05) is 0 Å². The molecule has 1 saturated heterocycles. The highest BCUT2D eigenvalue weighted by Gasteiger charge is 2.09. The lowest BCUT2D eigenvalue weighted by atomic mass is 10.1. The molecule has 0 bridgehead atoms. The molecule has 0 aromatic rings. The van der Waals surface area contributed by atoms with Crippen molar-refractivity contribution in [3.05, 3.63) is 0 Å². The van der Waals surface area contributed by atoms with Crippen LogP contribution in [0.5, 0.6) is 0 Å². The van der Waals surface area contributed by atoms with Crippen molar-refractivity contribution in [1.29, 1.82) is 0 Å². The van der Waals surface area contributed by atoms with Gasteiger partial charge in [-0.1, -0.05) is 6.42 Å². The topological polar surface area (TPSA) is 20.3 Å². The summed E-state index contributed by atoms with van der Waals surface area (Å²) in [5.74, 6) is 0.847. The Morgan fingerprint density at radius 3 is 2.45 bits per heavy atom. The minimum absolute atomic E-state index is 0.609. The molecule has 1 aliphatic rings. The van der Waals surface area contributed by atoms with Crippen LogP contribution in [0.2, 0.25) is 0 Å². The second kappa shape index (κ2) is 4.88. The molecule has 2 nitrogen and oxygen atoms in total. The molecule has 1 atom stereocenters. The summed E-state index contributed by atoms with van der Waals surface area (Å²) < 4.78 is 10.8. The van der Waals surface area contributed by atoms with Gasteiger partial charge in [-0.3, -0.25) is 4.21 Å². The van der Waals surface area contributed by atoms with Crippen molar-refractivity contribution in [2.45, 2.75) is 19.3 Å². The fourth-order valence-corrected chi connectivity index (χ4v) is 1.96. The molecular formula is C8H17NOS. The Balaban J connectivity index is 2.09. The van der Waals surface area contributed by atoms with Crippen LogP contribution in [0.25, 0.3) is 0 Å². The summed E-state index contributed by atoms with van der Waals surface area (Å²) >= 11 is 0. The molecule has 0 radical (unpaired) electrons. The zero-order valence-corrected chi connectivity index (χ0v) is 8.03. The first-order valence-corrected chi connectivity index (χ1v) is 6.04. The van der Waals surface area contributed by atoms with E-state index < -0.39 is 10.8 Å². The summed E-state index contributed by atoms with van der Waals surface area (Å²) in [6.45, 7) is 3.47. The van der Waals surface area contributed by atoms with Crippen LogP contribution in [-0.2, 0) is 10.8 Å². The van der Waals surface area contributed by atoms with Gasteiger partial charge in [0.2, 0.25) is 0 Å². The molecule has 0 amide bonds. The van der Waals surface area contributed by atoms with Crippen LogP contribution in [0.15, 0.2) is 0 Å². The van der Waals surface area contributed by atoms with Crippen LogP contribution in [0.4, 0.5) is 0 Å². The predicted octanol–water partition coefficient (Wildman–Crippen LogP) is 0.851. The minimum atomic E-state index is -0.609. The lowest BCUT2D eigenvalue weighted by Gasteiger charge is -2.25. The average Bonchev–Trinajstić information content (AvgIpc) is 2.03. The first-order chi connectivity index (χ1) is 5.29. The molecule has 1 heterocycles. The molecule has 0 N–H and O–H groups in total. The second-order valence-corrected chi connectivity index (χ2v) is 4.73. The fourth-order valence-electron chi connectivity index (χ4n) is 1.44. The zero-order chi connectivity index (χ0) is 8.10. The molecule has 66 valence electrons. The maximum absolute atomic E-state index is 10.8. The molecule has 0 aliphatic carbocycles. The van der Waals surface area contributed by atoms with Crippen molar-refractivity contribution in [2.75, 3.05) is 31.6 Å². The second-order valence-electron chi connectivity index (χ2n) is 3.18. The largest absolute Gasteiger partial charge is 0.302 e. The van der Waals surface area contributed by atoms with Crippen molar-refractivity contribution in [3.8, 4) is 0 Å². The van der Waals surface area contributed by atoms with Crippen molar-refractivity contribution in [2.24, 2.45) is 0 Å². The monoisotopic (exact) mass is 175 g/mol. The van der Waals surface area contributed by atoms with Crippen molar-refractivity contribution in [3.63, 3.8) is 0 Å². The first kappa shape index (κ1) is 9.20. The molecule has 0 aromatic carbocycles. The van der Waals surface area contributed by atoms with Crippen molar-refractivity contribution < 1.29 is 4.21 Å². The molecule has 1 aliphatic heterocycles. The maximum Gasteiger partial charge on any atom is 0.0359 e. The van der Waals surface area contributed by atoms with Gasteiger partial charge < -0.3 is 4.90 Å². The summed E-state index contributed by atoms with van der Waals surface area (Å²) in [4.78, 5) is 2.42. The van der Waals surface area contributed by atoms with Crippen LogP contribution in [0, 0.1) is 0 Å². The highest BCUT2D eigenvalue weighted by atomic mass is 32.2. The van der Waals surface area contributed by atoms with Gasteiger partial charge >= 0.3 is 0 Å². The molecule has 0 saturated carbocycles. The van der Waals surface area contributed by atoms with E-state index in [4.69, 9.17) is 0 Å². The van der Waals surface area contributed by atoms with Gasteiger partial charge in [-0.05, 0) is 25.9 Å². The number of piperidine rings is 1. The quantitative estimate of drug-likeness (QED) is 0.634. The van der Waals surface area contributed by atoms with Gasteiger partial charge in [0, 0.05) is 29.4 Å². The summed E-state index contributed by atoms with van der Waals surface area (Å²) in [6.07, 6.45) is 5.82. The normalized spacial score (nSPS) is 23.4. The third-order valence-corrected chi connectivity index (χ3v) is 2.90. The van der Waals surface area contributed by atoms with Gasteiger partial charge in [0.15, 0.2) is 0 Å². The van der Waals surface area contributed by atoms with Crippen LogP contribution in [0.1, 0.15) is 19.3 Å². The Bertz CT molecular complexity index is 132. The van der Waals surface area contributed by atoms with Crippen molar-refractivity contribution >= 4 is 10.8 Å². The standard InChI is InChI=1S/C8H17NOS/c1-11(10)8-7-9-5-3-2-4-6-9/h2-8H2,1H3. The van der Waals surface area contributed by atoms with Crippen LogP contribution < -0.4 is 0 Å². The van der Waals surface area contributed by atoms with Crippen molar-refractivity contribution in [1.82, 2.24) is 4.90 Å². The summed E-state index contributed by atoms with van der Waals surface area (Å²) in [5.41, 5.74) is 0. The van der Waals surface area contributed by atoms with Gasteiger partial charge in [0.05, 0.1) is 0 Å². The zero-order valence-electron chi connectivity index (χ0n) is 7.21. The summed E-state index contributed by atoms with van der Waals surface area (Å²) in [5, 5.41) is 0. The Kier molecular flexibility index (Phi) is 4.08. The van der Waals surface area contributed by atoms with Gasteiger partial charge in [-0.25, -0.2) is 0 Å². The minimum Gasteiger partial charge on any atom is -0.302 e. The lowest BCUT2D eigenvalue weighted by Crippen LogP contribution is -2.32. The van der Waals surface area contributed by atoms with Gasteiger partial charge in [0.1, 0.15) is 0 Å². The van der Waals surface area contributed by atoms with E-state index in [-0.39, 0.29) is 0 Å². The third kappa shape index (κ3) is 3.87. The molecule has 1 unspecified atom stereocenters. The van der Waals surface area contributed by atoms with Gasteiger partial charge in [-0.2, -0.15) is 0 Å². The molecule has 1 fully saturated rings. The number of nitrogens with zero attached hydrogens (tertiary/aromatic N) is 1. The van der Waals surface area contributed by atoms with Gasteiger partial charge in [-0.15, -0.1) is 0 Å². The average molecular weight is 175 g/mol. The van der Waals surface area contributed by atoms with Gasteiger partial charge in [0.25, 0.3) is 0 Å². The number of likely N-dealkylation sites (tertiary alicyclic amines) is 1. The third-order valence-electron chi connectivity index (χ3n) is 2.14. The smallest absolute Gasteiger partial charge is 0.0359 e. The highest BCUT2D eigenvalue weighted by molar-refractivity contribution is 7.84. The van der Waals surface area contributed by atoms with Crippen LogP contribution >= 0.6 is 0 Å². The van der Waals surface area contributed by atoms with E-state index in [1.165, 1.54) is 32.4 Å². The highest BCUT2D eigenvalue weighted by Crippen LogP contribution is 2.07. The molecule has 3 heteroatoms. The summed E-state index contributed by atoms with van der Waals surface area (Å²) in [7, 11) is -0.609. The molecule has 0 spiro atoms. The van der Waals surface area contributed by atoms with E-state index in [2.05, 4.69) is 4.90 Å². The first-order valence-electron chi connectivity index (χ1n) is 4.31. The SMILES string of the molecule is CS(=O)CCN1CCCCC1. The van der Waals surface area contributed by atoms with E-state index >= 15 is 0 Å². The number of hydrogen-bond donors (Lipinski definition) is 0. The predicted molar refractivity (Wildman–Crippen MR) is 49.2 cm³/mol. The molecule has 0 aromatic heterocycles. The maximum atomic E-state index is 10.8. The Hall–Kier alpha value is 0.110. The lowest BCUT2D eigenvalue weighted by molar-refractivity contribution is 0.241. The van der Waals surface area contributed by atoms with E-state index in [0.717, 1.165) is 12.3 Å². The number of hydrogen-bond acceptors (Lipinski definition) is 2.